The van der Waals surface area contributed by atoms with Crippen LogP contribution in [0.15, 0.2) is 22.8 Å². The molecule has 2 heterocycles. The quantitative estimate of drug-likeness (QED) is 0.624. The Labute approximate surface area is 95.2 Å². The van der Waals surface area contributed by atoms with Crippen LogP contribution in [-0.2, 0) is 9.59 Å². The minimum atomic E-state index is -0.140. The molecule has 86 valence electrons. The summed E-state index contributed by atoms with van der Waals surface area (Å²) in [5.41, 5.74) is 2.58. The Morgan fingerprint density at radius 1 is 1.25 bits per heavy atom. The number of carbonyl (C=O) groups is 2. The summed E-state index contributed by atoms with van der Waals surface area (Å²) in [6.45, 7) is 6.16. The predicted octanol–water partition coefficient (Wildman–Crippen LogP) is 1.26. The lowest BCUT2D eigenvalue weighted by Crippen LogP contribution is -2.35. The molecule has 0 aromatic heterocycles. The van der Waals surface area contributed by atoms with E-state index in [0.717, 1.165) is 17.2 Å². The molecule has 2 aliphatic rings. The monoisotopic (exact) mass is 220 g/mol. The molecule has 4 nitrogen and oxygen atoms in total. The van der Waals surface area contributed by atoms with Crippen molar-refractivity contribution < 1.29 is 9.59 Å². The highest BCUT2D eigenvalue weighted by atomic mass is 16.1. The first kappa shape index (κ1) is 10.9. The van der Waals surface area contributed by atoms with E-state index >= 15 is 0 Å². The van der Waals surface area contributed by atoms with Crippen molar-refractivity contribution in [2.45, 2.75) is 27.2 Å². The molecule has 0 unspecified atom stereocenters. The van der Waals surface area contributed by atoms with Crippen LogP contribution in [0, 0.1) is 0 Å². The van der Waals surface area contributed by atoms with Gasteiger partial charge in [0.1, 0.15) is 11.4 Å². The zero-order valence-electron chi connectivity index (χ0n) is 10.1. The van der Waals surface area contributed by atoms with E-state index < -0.39 is 0 Å². The minimum absolute atomic E-state index is 0.0342. The van der Waals surface area contributed by atoms with Crippen molar-refractivity contribution in [3.63, 3.8) is 0 Å². The second-order valence-corrected chi connectivity index (χ2v) is 4.31. The number of nitrogens with zero attached hydrogens (tertiary/aromatic N) is 2. The third-order valence-electron chi connectivity index (χ3n) is 3.42. The summed E-state index contributed by atoms with van der Waals surface area (Å²) in [7, 11) is 1.90. The number of hydrogen-bond acceptors (Lipinski definition) is 4. The highest BCUT2D eigenvalue weighted by Gasteiger charge is 2.36. The van der Waals surface area contributed by atoms with E-state index in [0.29, 0.717) is 18.5 Å². The molecule has 0 saturated carbocycles. The Hall–Kier alpha value is -1.58. The van der Waals surface area contributed by atoms with Crippen LogP contribution in [0.5, 0.6) is 0 Å². The van der Waals surface area contributed by atoms with Crippen LogP contribution in [0.4, 0.5) is 0 Å². The molecule has 0 bridgehead atoms. The molecule has 0 aromatic carbocycles. The Balaban J connectivity index is 2.60. The second kappa shape index (κ2) is 3.47. The summed E-state index contributed by atoms with van der Waals surface area (Å²) in [6, 6.07) is 0. The Morgan fingerprint density at radius 3 is 2.44 bits per heavy atom. The lowest BCUT2D eigenvalue weighted by molar-refractivity contribution is -0.121. The van der Waals surface area contributed by atoms with E-state index in [9.17, 15) is 9.59 Å². The second-order valence-electron chi connectivity index (χ2n) is 4.31. The van der Waals surface area contributed by atoms with Crippen LogP contribution in [0.1, 0.15) is 27.2 Å². The van der Waals surface area contributed by atoms with E-state index in [1.54, 1.807) is 0 Å². The summed E-state index contributed by atoms with van der Waals surface area (Å²) in [6.07, 6.45) is 0.427. The zero-order valence-corrected chi connectivity index (χ0v) is 10.1. The third kappa shape index (κ3) is 1.29. The molecule has 4 heteroatoms. The molecular formula is C12H16N2O2. The van der Waals surface area contributed by atoms with Gasteiger partial charge in [0.2, 0.25) is 0 Å². The van der Waals surface area contributed by atoms with Crippen molar-refractivity contribution in [1.82, 2.24) is 9.80 Å². The van der Waals surface area contributed by atoms with Gasteiger partial charge in [0.05, 0.1) is 0 Å². The first-order valence-corrected chi connectivity index (χ1v) is 5.42. The van der Waals surface area contributed by atoms with Crippen LogP contribution in [0.3, 0.4) is 0 Å². The number of Topliss-reactive ketones (excluding diaryl/α,β-unsaturated/α-hetero) is 2. The van der Waals surface area contributed by atoms with E-state index in [1.807, 2.05) is 25.8 Å². The average Bonchev–Trinajstić information content (AvgIpc) is 2.43. The molecule has 0 saturated heterocycles. The summed E-state index contributed by atoms with van der Waals surface area (Å²) in [5.74, 6) is 0.589. The molecule has 0 amide bonds. The van der Waals surface area contributed by atoms with Gasteiger partial charge < -0.3 is 9.80 Å². The highest BCUT2D eigenvalue weighted by molar-refractivity contribution is 6.20. The van der Waals surface area contributed by atoms with Crippen molar-refractivity contribution in [3.8, 4) is 0 Å². The fourth-order valence-electron chi connectivity index (χ4n) is 2.33. The van der Waals surface area contributed by atoms with Gasteiger partial charge in [0.15, 0.2) is 11.6 Å². The van der Waals surface area contributed by atoms with Gasteiger partial charge in [-0.15, -0.1) is 0 Å². The zero-order chi connectivity index (χ0) is 12.0. The van der Waals surface area contributed by atoms with E-state index in [4.69, 9.17) is 0 Å². The van der Waals surface area contributed by atoms with Crippen molar-refractivity contribution >= 4 is 11.6 Å². The molecule has 0 radical (unpaired) electrons. The molecule has 2 rings (SSSR count). The number of fused-ring (bicyclic) bond motifs is 1. The van der Waals surface area contributed by atoms with E-state index in [-0.39, 0.29) is 11.6 Å². The molecule has 0 fully saturated rings. The third-order valence-corrected chi connectivity index (χ3v) is 3.42. The maximum atomic E-state index is 11.8. The Morgan fingerprint density at radius 2 is 1.88 bits per heavy atom. The fourth-order valence-corrected chi connectivity index (χ4v) is 2.33. The first-order valence-electron chi connectivity index (χ1n) is 5.42. The van der Waals surface area contributed by atoms with Crippen LogP contribution >= 0.6 is 0 Å². The van der Waals surface area contributed by atoms with E-state index in [2.05, 4.69) is 4.90 Å². The van der Waals surface area contributed by atoms with Crippen molar-refractivity contribution in [3.05, 3.63) is 22.8 Å². The molecular weight excluding hydrogens is 204 g/mol. The summed E-state index contributed by atoms with van der Waals surface area (Å²) in [4.78, 5) is 27.3. The predicted molar refractivity (Wildman–Crippen MR) is 60.2 cm³/mol. The molecule has 0 aliphatic carbocycles. The highest BCUT2D eigenvalue weighted by Crippen LogP contribution is 2.35. The maximum absolute atomic E-state index is 11.8. The van der Waals surface area contributed by atoms with Gasteiger partial charge in [-0.25, -0.2) is 0 Å². The normalized spacial score (nSPS) is 20.9. The SMILES string of the molecule is CC(=O)C1=C2N(C)C(C)=C(C)N2CCC1=O. The molecule has 0 aromatic rings. The molecule has 16 heavy (non-hydrogen) atoms. The number of hydrogen-bond donors (Lipinski definition) is 0. The van der Waals surface area contributed by atoms with Crippen LogP contribution in [-0.4, -0.2) is 35.0 Å². The lowest BCUT2D eigenvalue weighted by atomic mass is 10.0. The van der Waals surface area contributed by atoms with Crippen LogP contribution < -0.4 is 0 Å². The molecule has 0 atom stereocenters. The molecule has 2 aliphatic heterocycles. The number of ketones is 2. The smallest absolute Gasteiger partial charge is 0.171 e. The van der Waals surface area contributed by atoms with Crippen LogP contribution in [0.25, 0.3) is 0 Å². The van der Waals surface area contributed by atoms with Gasteiger partial charge >= 0.3 is 0 Å². The largest absolute Gasteiger partial charge is 0.332 e. The summed E-state index contributed by atoms with van der Waals surface area (Å²) >= 11 is 0. The Bertz CT molecular complexity index is 446. The topological polar surface area (TPSA) is 40.6 Å². The van der Waals surface area contributed by atoms with Gasteiger partial charge in [0.25, 0.3) is 0 Å². The minimum Gasteiger partial charge on any atom is -0.332 e. The van der Waals surface area contributed by atoms with Gasteiger partial charge in [0, 0.05) is 31.4 Å². The number of allylic oxidation sites excluding steroid dienone is 3. The van der Waals surface area contributed by atoms with E-state index in [1.165, 1.54) is 6.92 Å². The van der Waals surface area contributed by atoms with Crippen molar-refractivity contribution in [2.24, 2.45) is 0 Å². The number of carbonyl (C=O) groups excluding carboxylic acids is 2. The van der Waals surface area contributed by atoms with Crippen molar-refractivity contribution in [1.29, 1.82) is 0 Å². The summed E-state index contributed by atoms with van der Waals surface area (Å²) < 4.78 is 0. The van der Waals surface area contributed by atoms with Gasteiger partial charge in [-0.1, -0.05) is 0 Å². The van der Waals surface area contributed by atoms with Gasteiger partial charge in [-0.3, -0.25) is 9.59 Å². The maximum Gasteiger partial charge on any atom is 0.171 e. The molecule has 0 N–H and O–H groups in total. The summed E-state index contributed by atoms with van der Waals surface area (Å²) in [5, 5.41) is 0. The average molecular weight is 220 g/mol. The first-order chi connectivity index (χ1) is 7.45. The standard InChI is InChI=1S/C12H16N2O2/c1-7-8(2)14-6-5-10(16)11(9(3)15)12(14)13(7)4/h5-6H2,1-4H3. The Kier molecular flexibility index (Phi) is 2.37. The van der Waals surface area contributed by atoms with Crippen LogP contribution in [0.2, 0.25) is 0 Å². The van der Waals surface area contributed by atoms with Gasteiger partial charge in [-0.2, -0.15) is 0 Å². The number of rotatable bonds is 1. The van der Waals surface area contributed by atoms with Gasteiger partial charge in [-0.05, 0) is 20.8 Å². The molecule has 0 spiro atoms. The lowest BCUT2D eigenvalue weighted by Gasteiger charge is -2.30. The fraction of sp³-hybridized carbons (Fsp3) is 0.500. The van der Waals surface area contributed by atoms with Crippen molar-refractivity contribution in [2.75, 3.05) is 13.6 Å².